The minimum absolute atomic E-state index is 0.00278. The lowest BCUT2D eigenvalue weighted by atomic mass is 10.0. The summed E-state index contributed by atoms with van der Waals surface area (Å²) in [5, 5.41) is 21.5. The molecule has 4 aromatic heterocycles. The Hall–Kier alpha value is -6.49. The highest BCUT2D eigenvalue weighted by atomic mass is 16.2. The number of nitrogens with one attached hydrogen (secondary N) is 4. The Kier molecular flexibility index (Phi) is 14.0. The lowest BCUT2D eigenvalue weighted by Crippen LogP contribution is -2.49. The highest BCUT2D eigenvalue weighted by molar-refractivity contribution is 6.07. The van der Waals surface area contributed by atoms with Gasteiger partial charge in [-0.15, -0.1) is 10.2 Å². The molecule has 5 aromatic rings. The average molecular weight is 844 g/mol. The summed E-state index contributed by atoms with van der Waals surface area (Å²) in [4.78, 5) is 72.1. The largest absolute Gasteiger partial charge is 0.384 e. The summed E-state index contributed by atoms with van der Waals surface area (Å²) in [7, 11) is 3.76. The quantitative estimate of drug-likeness (QED) is 0.0678. The van der Waals surface area contributed by atoms with Crippen LogP contribution in [0.25, 0.3) is 11.0 Å². The fourth-order valence-electron chi connectivity index (χ4n) is 8.19. The average Bonchev–Trinajstić information content (AvgIpc) is 3.79. The van der Waals surface area contributed by atoms with E-state index < -0.39 is 0 Å². The summed E-state index contributed by atoms with van der Waals surface area (Å²) in [6.07, 6.45) is 10.00. The van der Waals surface area contributed by atoms with Gasteiger partial charge in [0, 0.05) is 76.7 Å². The molecule has 0 bridgehead atoms. The van der Waals surface area contributed by atoms with Gasteiger partial charge < -0.3 is 31.1 Å². The van der Waals surface area contributed by atoms with E-state index in [1.807, 2.05) is 62.4 Å². The van der Waals surface area contributed by atoms with E-state index in [1.165, 1.54) is 6.92 Å². The standard InChI is InChI=1S/C45H57N13O4/c1-29-13-15-34(43(61)50-38-17-18-39(54-53-38)55(4)5)36(25-29)46-19-9-6-10-20-47-40(60)28-56-21-23-57(24-22-56)33-14-16-37(48-26-33)51-45-49-27-35-30(2)41(31(3)59)44(62)58(42(35)52-45)32-11-7-8-12-32/h13-18,25-27,32,46H,6-12,19-24,28H2,1-5H3,(H,47,60)(H,50,53,61)(H,48,49,51,52). The van der Waals surface area contributed by atoms with Gasteiger partial charge >= 0.3 is 0 Å². The summed E-state index contributed by atoms with van der Waals surface area (Å²) < 4.78 is 1.71. The number of carbonyl (C=O) groups is 3. The molecular formula is C45H57N13O4. The van der Waals surface area contributed by atoms with Crippen LogP contribution in [0.15, 0.2) is 59.7 Å². The Morgan fingerprint density at radius 2 is 1.61 bits per heavy atom. The Morgan fingerprint density at radius 3 is 2.31 bits per heavy atom. The van der Waals surface area contributed by atoms with Gasteiger partial charge in [0.15, 0.2) is 17.4 Å². The summed E-state index contributed by atoms with van der Waals surface area (Å²) in [5.41, 5.74) is 4.41. The van der Waals surface area contributed by atoms with Crippen LogP contribution in [0.4, 0.5) is 34.8 Å². The molecule has 0 atom stereocenters. The van der Waals surface area contributed by atoms with Crippen molar-refractivity contribution in [2.45, 2.75) is 71.8 Å². The number of ketones is 1. The molecule has 1 aliphatic carbocycles. The molecule has 2 amide bonds. The van der Waals surface area contributed by atoms with Crippen LogP contribution >= 0.6 is 0 Å². The number of amides is 2. The maximum absolute atomic E-state index is 13.6. The molecule has 0 radical (unpaired) electrons. The number of piperazine rings is 1. The number of Topliss-reactive ketones (excluding diaryl/α,β-unsaturated/α-hetero) is 1. The van der Waals surface area contributed by atoms with E-state index in [0.717, 1.165) is 88.1 Å². The second-order valence-corrected chi connectivity index (χ2v) is 16.4. The van der Waals surface area contributed by atoms with Crippen LogP contribution in [-0.2, 0) is 4.79 Å². The molecular weight excluding hydrogens is 787 g/mol. The van der Waals surface area contributed by atoms with Gasteiger partial charge in [0.2, 0.25) is 11.9 Å². The molecule has 1 aromatic carbocycles. The van der Waals surface area contributed by atoms with Crippen LogP contribution in [0.3, 0.4) is 0 Å². The van der Waals surface area contributed by atoms with Gasteiger partial charge in [-0.05, 0) is 100 Å². The van der Waals surface area contributed by atoms with E-state index in [1.54, 1.807) is 29.8 Å². The number of aryl methyl sites for hydroxylation is 2. The topological polar surface area (TPSA) is 196 Å². The van der Waals surface area contributed by atoms with Crippen molar-refractivity contribution in [3.8, 4) is 0 Å². The van der Waals surface area contributed by atoms with Crippen LogP contribution in [0.5, 0.6) is 0 Å². The lowest BCUT2D eigenvalue weighted by molar-refractivity contribution is -0.122. The van der Waals surface area contributed by atoms with Crippen LogP contribution in [0.1, 0.15) is 89.8 Å². The van der Waals surface area contributed by atoms with Gasteiger partial charge in [-0.3, -0.25) is 28.6 Å². The molecule has 1 aliphatic heterocycles. The zero-order valence-corrected chi connectivity index (χ0v) is 36.3. The second kappa shape index (κ2) is 19.9. The van der Waals surface area contributed by atoms with Crippen molar-refractivity contribution in [1.29, 1.82) is 0 Å². The number of nitrogens with zero attached hydrogens (tertiary/aromatic N) is 9. The maximum Gasteiger partial charge on any atom is 0.263 e. The first kappa shape index (κ1) is 43.6. The summed E-state index contributed by atoms with van der Waals surface area (Å²) in [5.74, 6) is 1.52. The zero-order chi connectivity index (χ0) is 43.8. The lowest BCUT2D eigenvalue weighted by Gasteiger charge is -2.35. The number of anilines is 6. The zero-order valence-electron chi connectivity index (χ0n) is 36.3. The number of aromatic nitrogens is 6. The molecule has 7 rings (SSSR count). The third-order valence-electron chi connectivity index (χ3n) is 11.6. The van der Waals surface area contributed by atoms with Crippen molar-refractivity contribution in [2.24, 2.45) is 0 Å². The van der Waals surface area contributed by atoms with Crippen molar-refractivity contribution in [3.63, 3.8) is 0 Å². The Morgan fingerprint density at radius 1 is 0.855 bits per heavy atom. The van der Waals surface area contributed by atoms with E-state index in [2.05, 4.69) is 51.2 Å². The Bertz CT molecular complexity index is 2440. The third kappa shape index (κ3) is 10.5. The first-order valence-electron chi connectivity index (χ1n) is 21.5. The second-order valence-electron chi connectivity index (χ2n) is 16.4. The van der Waals surface area contributed by atoms with Gasteiger partial charge in [0.1, 0.15) is 11.5 Å². The van der Waals surface area contributed by atoms with Crippen LogP contribution in [0, 0.1) is 13.8 Å². The number of benzene rings is 1. The van der Waals surface area contributed by atoms with E-state index >= 15 is 0 Å². The van der Waals surface area contributed by atoms with Gasteiger partial charge in [0.25, 0.3) is 11.5 Å². The van der Waals surface area contributed by atoms with Crippen LogP contribution in [0.2, 0.25) is 0 Å². The molecule has 2 aliphatic rings. The number of rotatable bonds is 17. The molecule has 17 nitrogen and oxygen atoms in total. The van der Waals surface area contributed by atoms with Crippen molar-refractivity contribution >= 4 is 63.4 Å². The van der Waals surface area contributed by atoms with Crippen molar-refractivity contribution in [2.75, 3.05) is 85.7 Å². The molecule has 1 saturated heterocycles. The monoisotopic (exact) mass is 843 g/mol. The number of unbranched alkanes of at least 4 members (excludes halogenated alkanes) is 2. The molecule has 4 N–H and O–H groups in total. The molecule has 2 fully saturated rings. The number of pyridine rings is 2. The number of carbonyl (C=O) groups excluding carboxylic acids is 3. The van der Waals surface area contributed by atoms with E-state index in [0.29, 0.717) is 65.2 Å². The van der Waals surface area contributed by atoms with Gasteiger partial charge in [-0.2, -0.15) is 4.98 Å². The third-order valence-corrected chi connectivity index (χ3v) is 11.6. The molecule has 62 heavy (non-hydrogen) atoms. The summed E-state index contributed by atoms with van der Waals surface area (Å²) in [6, 6.07) is 13.1. The molecule has 5 heterocycles. The number of fused-ring (bicyclic) bond motifs is 1. The summed E-state index contributed by atoms with van der Waals surface area (Å²) >= 11 is 0. The minimum atomic E-state index is -0.280. The normalized spacial score (nSPS) is 14.5. The van der Waals surface area contributed by atoms with Gasteiger partial charge in [-0.1, -0.05) is 18.9 Å². The molecule has 0 unspecified atom stereocenters. The van der Waals surface area contributed by atoms with E-state index in [9.17, 15) is 19.2 Å². The smallest absolute Gasteiger partial charge is 0.263 e. The highest BCUT2D eigenvalue weighted by Gasteiger charge is 2.26. The maximum atomic E-state index is 13.6. The first-order chi connectivity index (χ1) is 29.9. The predicted octanol–water partition coefficient (Wildman–Crippen LogP) is 5.49. The van der Waals surface area contributed by atoms with Crippen molar-refractivity contribution in [1.82, 2.24) is 39.9 Å². The molecule has 17 heteroatoms. The fraction of sp³-hybridized carbons (Fsp3) is 0.444. The predicted molar refractivity (Wildman–Crippen MR) is 243 cm³/mol. The van der Waals surface area contributed by atoms with Gasteiger partial charge in [-0.25, -0.2) is 9.97 Å². The van der Waals surface area contributed by atoms with Crippen LogP contribution < -0.4 is 36.6 Å². The van der Waals surface area contributed by atoms with E-state index in [-0.39, 0.29) is 34.8 Å². The van der Waals surface area contributed by atoms with E-state index in [4.69, 9.17) is 4.98 Å². The minimum Gasteiger partial charge on any atom is -0.384 e. The first-order valence-corrected chi connectivity index (χ1v) is 21.5. The fourth-order valence-corrected chi connectivity index (χ4v) is 8.19. The Balaban J connectivity index is 0.818. The number of hydrogen-bond donors (Lipinski definition) is 4. The van der Waals surface area contributed by atoms with Crippen molar-refractivity contribution < 1.29 is 14.4 Å². The number of hydrogen-bond acceptors (Lipinski definition) is 14. The highest BCUT2D eigenvalue weighted by Crippen LogP contribution is 2.32. The summed E-state index contributed by atoms with van der Waals surface area (Å²) in [6.45, 7) is 9.93. The SMILES string of the molecule is CC(=O)c1c(C)c2cnc(Nc3ccc(N4CCN(CC(=O)NCCCCCNc5cc(C)ccc5C(=O)Nc5ccc(N(C)C)nn5)CC4)cn3)nc2n(C2CCCC2)c1=O. The molecule has 1 saturated carbocycles. The Labute approximate surface area is 361 Å². The van der Waals surface area contributed by atoms with Crippen LogP contribution in [-0.4, -0.2) is 112 Å². The molecule has 326 valence electrons. The van der Waals surface area contributed by atoms with Crippen molar-refractivity contribution in [3.05, 3.63) is 87.5 Å². The molecule has 0 spiro atoms. The van der Waals surface area contributed by atoms with Gasteiger partial charge in [0.05, 0.1) is 29.6 Å².